The van der Waals surface area contributed by atoms with Crippen LogP contribution in [-0.4, -0.2) is 49.9 Å². The van der Waals surface area contributed by atoms with Crippen LogP contribution in [0.15, 0.2) is 0 Å². The zero-order valence-electron chi connectivity index (χ0n) is 10.1. The molecule has 0 spiro atoms. The molecule has 5 heteroatoms. The summed E-state index contributed by atoms with van der Waals surface area (Å²) in [4.78, 5) is 24.6. The fourth-order valence-corrected chi connectivity index (χ4v) is 1.34. The first-order valence-corrected chi connectivity index (χ1v) is 5.78. The van der Waals surface area contributed by atoms with Crippen molar-refractivity contribution in [2.75, 3.05) is 27.2 Å². The van der Waals surface area contributed by atoms with Crippen molar-refractivity contribution in [3.63, 3.8) is 0 Å². The van der Waals surface area contributed by atoms with E-state index in [1.807, 2.05) is 14.1 Å². The molecule has 0 bridgehead atoms. The van der Waals surface area contributed by atoms with Crippen LogP contribution in [0.4, 0.5) is 0 Å². The largest absolute Gasteiger partial charge is 0.356 e. The van der Waals surface area contributed by atoms with Crippen LogP contribution in [0, 0.1) is 0 Å². The fourth-order valence-electron chi connectivity index (χ4n) is 1.34. The molecule has 0 radical (unpaired) electrons. The van der Waals surface area contributed by atoms with Gasteiger partial charge in [0.05, 0.1) is 0 Å². The summed E-state index contributed by atoms with van der Waals surface area (Å²) >= 11 is 0. The average molecular weight is 227 g/mol. The predicted octanol–water partition coefficient (Wildman–Crippen LogP) is -0.277. The van der Waals surface area contributed by atoms with E-state index < -0.39 is 0 Å². The fraction of sp³-hybridized carbons (Fsp3) is 0.818. The van der Waals surface area contributed by atoms with Crippen molar-refractivity contribution in [3.05, 3.63) is 0 Å². The van der Waals surface area contributed by atoms with Gasteiger partial charge in [0.2, 0.25) is 11.8 Å². The van der Waals surface area contributed by atoms with Gasteiger partial charge in [-0.15, -0.1) is 0 Å². The molecule has 0 aromatic carbocycles. The maximum absolute atomic E-state index is 11.3. The lowest BCUT2D eigenvalue weighted by atomic mass is 10.3. The second kappa shape index (κ2) is 6.48. The summed E-state index contributed by atoms with van der Waals surface area (Å²) in [6.45, 7) is 1.57. The third kappa shape index (κ3) is 6.40. The summed E-state index contributed by atoms with van der Waals surface area (Å²) in [6, 6.07) is 0.328. The molecule has 0 unspecified atom stereocenters. The van der Waals surface area contributed by atoms with E-state index in [2.05, 4.69) is 15.5 Å². The molecule has 5 nitrogen and oxygen atoms in total. The highest BCUT2D eigenvalue weighted by molar-refractivity contribution is 5.97. The topological polar surface area (TPSA) is 61.4 Å². The molecule has 1 aliphatic rings. The van der Waals surface area contributed by atoms with Gasteiger partial charge in [-0.05, 0) is 39.9 Å². The number of carbonyl (C=O) groups is 2. The molecule has 1 saturated carbocycles. The first kappa shape index (κ1) is 13.0. The van der Waals surface area contributed by atoms with Gasteiger partial charge >= 0.3 is 0 Å². The molecule has 0 atom stereocenters. The number of hydrogen-bond donors (Lipinski definition) is 2. The maximum atomic E-state index is 11.3. The predicted molar refractivity (Wildman–Crippen MR) is 62.0 cm³/mol. The molecule has 0 aromatic heterocycles. The average Bonchev–Trinajstić information content (AvgIpc) is 2.95. The molecule has 1 rings (SSSR count). The number of rotatable bonds is 7. The molecular formula is C11H21N3O2. The van der Waals surface area contributed by atoms with Gasteiger partial charge in [0.15, 0.2) is 0 Å². The first-order valence-electron chi connectivity index (χ1n) is 5.78. The second-order valence-corrected chi connectivity index (χ2v) is 4.53. The Hall–Kier alpha value is -1.10. The van der Waals surface area contributed by atoms with Crippen molar-refractivity contribution in [3.8, 4) is 0 Å². The summed E-state index contributed by atoms with van der Waals surface area (Å²) < 4.78 is 0. The smallest absolute Gasteiger partial charge is 0.229 e. The molecule has 2 amide bonds. The third-order valence-electron chi connectivity index (χ3n) is 2.37. The lowest BCUT2D eigenvalue weighted by molar-refractivity contribution is -0.129. The normalized spacial score (nSPS) is 14.9. The highest BCUT2D eigenvalue weighted by Crippen LogP contribution is 2.18. The van der Waals surface area contributed by atoms with Crippen LogP contribution in [0.3, 0.4) is 0 Å². The van der Waals surface area contributed by atoms with Crippen molar-refractivity contribution < 1.29 is 9.59 Å². The van der Waals surface area contributed by atoms with Crippen LogP contribution in [0.5, 0.6) is 0 Å². The quantitative estimate of drug-likeness (QED) is 0.464. The zero-order valence-corrected chi connectivity index (χ0v) is 10.1. The summed E-state index contributed by atoms with van der Waals surface area (Å²) in [5, 5.41) is 5.52. The number of carbonyl (C=O) groups excluding carboxylic acids is 2. The molecule has 16 heavy (non-hydrogen) atoms. The molecule has 2 N–H and O–H groups in total. The van der Waals surface area contributed by atoms with E-state index in [0.717, 1.165) is 25.8 Å². The lowest BCUT2D eigenvalue weighted by Crippen LogP contribution is -2.34. The van der Waals surface area contributed by atoms with E-state index >= 15 is 0 Å². The second-order valence-electron chi connectivity index (χ2n) is 4.53. The zero-order chi connectivity index (χ0) is 12.0. The van der Waals surface area contributed by atoms with Gasteiger partial charge in [0.25, 0.3) is 0 Å². The minimum absolute atomic E-state index is 0.0432. The van der Waals surface area contributed by atoms with Crippen molar-refractivity contribution in [1.29, 1.82) is 0 Å². The van der Waals surface area contributed by atoms with Gasteiger partial charge in [-0.2, -0.15) is 0 Å². The van der Waals surface area contributed by atoms with Crippen molar-refractivity contribution >= 4 is 11.8 Å². The van der Waals surface area contributed by atoms with Gasteiger partial charge in [0, 0.05) is 12.6 Å². The Labute approximate surface area is 96.6 Å². The number of hydrogen-bond acceptors (Lipinski definition) is 3. The molecule has 0 heterocycles. The Morgan fingerprint density at radius 1 is 1.25 bits per heavy atom. The van der Waals surface area contributed by atoms with Crippen LogP contribution in [0.25, 0.3) is 0 Å². The van der Waals surface area contributed by atoms with Crippen molar-refractivity contribution in [1.82, 2.24) is 15.5 Å². The minimum Gasteiger partial charge on any atom is -0.356 e. The minimum atomic E-state index is -0.183. The summed E-state index contributed by atoms with van der Waals surface area (Å²) in [5.74, 6) is -0.343. The summed E-state index contributed by atoms with van der Waals surface area (Å²) in [7, 11) is 3.98. The van der Waals surface area contributed by atoms with Crippen LogP contribution < -0.4 is 10.6 Å². The molecule has 1 fully saturated rings. The number of amides is 2. The van der Waals surface area contributed by atoms with E-state index in [4.69, 9.17) is 0 Å². The van der Waals surface area contributed by atoms with Gasteiger partial charge in [-0.3, -0.25) is 9.59 Å². The molecule has 0 aliphatic heterocycles. The van der Waals surface area contributed by atoms with Crippen molar-refractivity contribution in [2.45, 2.75) is 31.7 Å². The highest BCUT2D eigenvalue weighted by Gasteiger charge is 2.23. The van der Waals surface area contributed by atoms with Crippen LogP contribution >= 0.6 is 0 Å². The Morgan fingerprint density at radius 3 is 2.50 bits per heavy atom. The van der Waals surface area contributed by atoms with Crippen LogP contribution in [0.1, 0.15) is 25.7 Å². The third-order valence-corrected chi connectivity index (χ3v) is 2.37. The molecule has 0 aromatic rings. The Bertz CT molecular complexity index is 250. The summed E-state index contributed by atoms with van der Waals surface area (Å²) in [5.41, 5.74) is 0. The summed E-state index contributed by atoms with van der Waals surface area (Å²) in [6.07, 6.45) is 2.97. The van der Waals surface area contributed by atoms with E-state index in [9.17, 15) is 9.59 Å². The number of nitrogens with one attached hydrogen (secondary N) is 2. The Kier molecular flexibility index (Phi) is 5.25. The molecular weight excluding hydrogens is 206 g/mol. The van der Waals surface area contributed by atoms with E-state index in [0.29, 0.717) is 12.6 Å². The van der Waals surface area contributed by atoms with E-state index in [1.54, 1.807) is 0 Å². The monoisotopic (exact) mass is 227 g/mol. The van der Waals surface area contributed by atoms with Gasteiger partial charge in [-0.25, -0.2) is 0 Å². The first-order chi connectivity index (χ1) is 7.58. The SMILES string of the molecule is CN(C)CCCNC(=O)CC(=O)NC1CC1. The molecule has 0 saturated heterocycles. The highest BCUT2D eigenvalue weighted by atomic mass is 16.2. The van der Waals surface area contributed by atoms with Gasteiger partial charge < -0.3 is 15.5 Å². The van der Waals surface area contributed by atoms with Crippen LogP contribution in [-0.2, 0) is 9.59 Å². The van der Waals surface area contributed by atoms with Gasteiger partial charge in [-0.1, -0.05) is 0 Å². The lowest BCUT2D eigenvalue weighted by Gasteiger charge is -2.09. The van der Waals surface area contributed by atoms with E-state index in [-0.39, 0.29) is 18.2 Å². The van der Waals surface area contributed by atoms with Crippen molar-refractivity contribution in [2.24, 2.45) is 0 Å². The Morgan fingerprint density at radius 2 is 1.94 bits per heavy atom. The molecule has 1 aliphatic carbocycles. The standard InChI is InChI=1S/C11H21N3O2/c1-14(2)7-3-6-12-10(15)8-11(16)13-9-4-5-9/h9H,3-8H2,1-2H3,(H,12,15)(H,13,16). The Balaban J connectivity index is 1.98. The van der Waals surface area contributed by atoms with Gasteiger partial charge in [0.1, 0.15) is 6.42 Å². The van der Waals surface area contributed by atoms with Crippen LogP contribution in [0.2, 0.25) is 0 Å². The maximum Gasteiger partial charge on any atom is 0.229 e. The molecule has 92 valence electrons. The van der Waals surface area contributed by atoms with E-state index in [1.165, 1.54) is 0 Å². The number of nitrogens with zero attached hydrogens (tertiary/aromatic N) is 1.